The van der Waals surface area contributed by atoms with Gasteiger partial charge in [0, 0.05) is 0 Å². The van der Waals surface area contributed by atoms with Crippen LogP contribution in [0.15, 0.2) is 0 Å². The molecule has 0 aliphatic heterocycles. The maximum absolute atomic E-state index is 11.1. The van der Waals surface area contributed by atoms with Gasteiger partial charge >= 0.3 is 11.9 Å². The topological polar surface area (TPSA) is 102 Å². The summed E-state index contributed by atoms with van der Waals surface area (Å²) in [6, 6.07) is -1.82. The molecular weight excluding hydrogens is 204 g/mol. The molecule has 0 unspecified atom stereocenters. The van der Waals surface area contributed by atoms with Crippen molar-refractivity contribution in [3.63, 3.8) is 0 Å². The van der Waals surface area contributed by atoms with Gasteiger partial charge in [-0.15, -0.1) is 0 Å². The summed E-state index contributed by atoms with van der Waals surface area (Å²) in [5.74, 6) is -1.77. The first-order chi connectivity index (χ1) is 7.02. The lowest BCUT2D eigenvalue weighted by Gasteiger charge is -2.11. The number of carbonyl (C=O) groups is 4. The Labute approximate surface area is 86.2 Å². The number of hydrogen-bond acceptors (Lipinski definition) is 5. The molecule has 0 saturated carbocycles. The highest BCUT2D eigenvalue weighted by molar-refractivity contribution is 5.91. The Bertz CT molecular complexity index is 240. The van der Waals surface area contributed by atoms with Gasteiger partial charge in [0.25, 0.3) is 0 Å². The van der Waals surface area contributed by atoms with Gasteiger partial charge < -0.3 is 15.4 Å². The molecule has 0 rings (SSSR count). The van der Waals surface area contributed by atoms with E-state index in [4.69, 9.17) is 0 Å². The van der Waals surface area contributed by atoms with Crippen LogP contribution in [0.1, 0.15) is 13.8 Å². The minimum absolute atomic E-state index is 0.323. The van der Waals surface area contributed by atoms with E-state index in [2.05, 4.69) is 15.4 Å². The SMILES string of the molecule is C[C@H](NC=O)C(=O)OC(=O)[C@H](C)NC=O. The van der Waals surface area contributed by atoms with Crippen molar-refractivity contribution in [1.82, 2.24) is 10.6 Å². The van der Waals surface area contributed by atoms with Crippen LogP contribution in [0.25, 0.3) is 0 Å². The van der Waals surface area contributed by atoms with E-state index in [9.17, 15) is 19.2 Å². The Morgan fingerprint density at radius 2 is 1.33 bits per heavy atom. The van der Waals surface area contributed by atoms with Gasteiger partial charge in [0.2, 0.25) is 12.8 Å². The molecule has 0 saturated heterocycles. The lowest BCUT2D eigenvalue weighted by molar-refractivity contribution is -0.162. The molecule has 0 bridgehead atoms. The minimum Gasteiger partial charge on any atom is -0.390 e. The molecule has 2 atom stereocenters. The van der Waals surface area contributed by atoms with Crippen LogP contribution in [-0.4, -0.2) is 36.8 Å². The molecule has 84 valence electrons. The van der Waals surface area contributed by atoms with E-state index in [-0.39, 0.29) is 0 Å². The van der Waals surface area contributed by atoms with Crippen LogP contribution in [-0.2, 0) is 23.9 Å². The van der Waals surface area contributed by atoms with Crippen molar-refractivity contribution in [1.29, 1.82) is 0 Å². The molecule has 2 N–H and O–H groups in total. The van der Waals surface area contributed by atoms with Crippen molar-refractivity contribution in [3.05, 3.63) is 0 Å². The Hall–Kier alpha value is -1.92. The summed E-state index contributed by atoms with van der Waals surface area (Å²) >= 11 is 0. The third kappa shape index (κ3) is 4.75. The number of nitrogens with one attached hydrogen (secondary N) is 2. The maximum atomic E-state index is 11.1. The third-order valence-electron chi connectivity index (χ3n) is 1.54. The molecule has 15 heavy (non-hydrogen) atoms. The second-order valence-electron chi connectivity index (χ2n) is 2.75. The molecule has 0 spiro atoms. The molecule has 0 aromatic heterocycles. The van der Waals surface area contributed by atoms with Gasteiger partial charge in [-0.2, -0.15) is 0 Å². The third-order valence-corrected chi connectivity index (χ3v) is 1.54. The zero-order valence-corrected chi connectivity index (χ0v) is 8.35. The number of rotatable bonds is 6. The zero-order valence-electron chi connectivity index (χ0n) is 8.35. The van der Waals surface area contributed by atoms with Gasteiger partial charge in [-0.1, -0.05) is 0 Å². The summed E-state index contributed by atoms with van der Waals surface area (Å²) in [4.78, 5) is 42.1. The molecule has 2 amide bonds. The van der Waals surface area contributed by atoms with E-state index in [0.29, 0.717) is 12.8 Å². The first-order valence-electron chi connectivity index (χ1n) is 4.17. The average Bonchev–Trinajstić information content (AvgIpc) is 2.18. The van der Waals surface area contributed by atoms with Crippen LogP contribution in [0, 0.1) is 0 Å². The number of ether oxygens (including phenoxy) is 1. The summed E-state index contributed by atoms with van der Waals surface area (Å²) in [6.45, 7) is 2.73. The molecule has 0 aromatic carbocycles. The van der Waals surface area contributed by atoms with E-state index < -0.39 is 24.0 Å². The van der Waals surface area contributed by atoms with Crippen molar-refractivity contribution in [3.8, 4) is 0 Å². The predicted octanol–water partition coefficient (Wildman–Crippen LogP) is -1.67. The van der Waals surface area contributed by atoms with E-state index in [1.54, 1.807) is 0 Å². The van der Waals surface area contributed by atoms with Gasteiger partial charge in [0.1, 0.15) is 12.1 Å². The number of hydrogen-bond donors (Lipinski definition) is 2. The standard InChI is InChI=1S/C8H12N2O5/c1-5(9-3-11)7(13)15-8(14)6(2)10-4-12/h3-6H,1-2H3,(H,9,11)(H,10,12)/t5-,6-/m0/s1. The van der Waals surface area contributed by atoms with E-state index in [1.807, 2.05) is 0 Å². The van der Waals surface area contributed by atoms with Gasteiger partial charge in [0.05, 0.1) is 0 Å². The van der Waals surface area contributed by atoms with Gasteiger partial charge in [-0.05, 0) is 13.8 Å². The highest BCUT2D eigenvalue weighted by Crippen LogP contribution is 1.92. The monoisotopic (exact) mass is 216 g/mol. The van der Waals surface area contributed by atoms with Gasteiger partial charge in [-0.3, -0.25) is 9.59 Å². The smallest absolute Gasteiger partial charge is 0.336 e. The fraction of sp³-hybridized carbons (Fsp3) is 0.500. The molecule has 0 radical (unpaired) electrons. The normalized spacial score (nSPS) is 13.2. The quantitative estimate of drug-likeness (QED) is 0.314. The Morgan fingerprint density at radius 3 is 1.60 bits per heavy atom. The van der Waals surface area contributed by atoms with E-state index in [1.165, 1.54) is 13.8 Å². The molecule has 7 heteroatoms. The summed E-state index contributed by atoms with van der Waals surface area (Å²) in [6.07, 6.45) is 0.646. The van der Waals surface area contributed by atoms with Crippen molar-refractivity contribution in [2.45, 2.75) is 25.9 Å². The second kappa shape index (κ2) is 6.52. The molecule has 7 nitrogen and oxygen atoms in total. The van der Waals surface area contributed by atoms with Crippen molar-refractivity contribution >= 4 is 24.8 Å². The largest absolute Gasteiger partial charge is 0.390 e. The van der Waals surface area contributed by atoms with Crippen LogP contribution in [0.4, 0.5) is 0 Å². The van der Waals surface area contributed by atoms with Crippen LogP contribution in [0.5, 0.6) is 0 Å². The highest BCUT2D eigenvalue weighted by atomic mass is 16.6. The number of amides is 2. The van der Waals surface area contributed by atoms with E-state index >= 15 is 0 Å². The Kier molecular flexibility index (Phi) is 5.69. The summed E-state index contributed by atoms with van der Waals surface area (Å²) in [7, 11) is 0. The maximum Gasteiger partial charge on any atom is 0.336 e. The Morgan fingerprint density at radius 1 is 1.00 bits per heavy atom. The first kappa shape index (κ1) is 13.1. The van der Waals surface area contributed by atoms with Crippen LogP contribution < -0.4 is 10.6 Å². The second-order valence-corrected chi connectivity index (χ2v) is 2.75. The Balaban J connectivity index is 4.10. The van der Waals surface area contributed by atoms with Gasteiger partial charge in [-0.25, -0.2) is 9.59 Å². The number of carbonyl (C=O) groups excluding carboxylic acids is 4. The molecular formula is C8H12N2O5. The lowest BCUT2D eigenvalue weighted by atomic mass is 10.3. The van der Waals surface area contributed by atoms with Crippen LogP contribution in [0.3, 0.4) is 0 Å². The fourth-order valence-corrected chi connectivity index (χ4v) is 0.616. The molecule has 0 heterocycles. The van der Waals surface area contributed by atoms with Crippen LogP contribution in [0.2, 0.25) is 0 Å². The van der Waals surface area contributed by atoms with Crippen molar-refractivity contribution < 1.29 is 23.9 Å². The summed E-state index contributed by atoms with van der Waals surface area (Å²) in [5.41, 5.74) is 0. The molecule has 0 aromatic rings. The van der Waals surface area contributed by atoms with Crippen molar-refractivity contribution in [2.75, 3.05) is 0 Å². The average molecular weight is 216 g/mol. The molecule has 0 aliphatic carbocycles. The number of esters is 2. The molecule has 0 fully saturated rings. The van der Waals surface area contributed by atoms with E-state index in [0.717, 1.165) is 0 Å². The summed E-state index contributed by atoms with van der Waals surface area (Å²) < 4.78 is 4.36. The highest BCUT2D eigenvalue weighted by Gasteiger charge is 2.21. The first-order valence-corrected chi connectivity index (χ1v) is 4.17. The van der Waals surface area contributed by atoms with Crippen molar-refractivity contribution in [2.24, 2.45) is 0 Å². The minimum atomic E-state index is -0.908. The predicted molar refractivity (Wildman–Crippen MR) is 48.4 cm³/mol. The fourth-order valence-electron chi connectivity index (χ4n) is 0.616. The zero-order chi connectivity index (χ0) is 11.8. The van der Waals surface area contributed by atoms with Crippen LogP contribution >= 0.6 is 0 Å². The lowest BCUT2D eigenvalue weighted by Crippen LogP contribution is -2.40. The summed E-state index contributed by atoms with van der Waals surface area (Å²) in [5, 5.41) is 4.25. The van der Waals surface area contributed by atoms with Gasteiger partial charge in [0.15, 0.2) is 0 Å². The molecule has 0 aliphatic rings.